The Morgan fingerprint density at radius 1 is 0.971 bits per heavy atom. The Kier molecular flexibility index (Phi) is 5.87. The van der Waals surface area contributed by atoms with Crippen molar-refractivity contribution in [2.24, 2.45) is 0 Å². The van der Waals surface area contributed by atoms with Crippen LogP contribution in [-0.4, -0.2) is 21.2 Å². The lowest BCUT2D eigenvalue weighted by molar-refractivity contribution is -0.113. The van der Waals surface area contributed by atoms with Crippen LogP contribution in [0.1, 0.15) is 17.5 Å². The number of carbonyl (C=O) groups is 1. The highest BCUT2D eigenvalue weighted by Crippen LogP contribution is 2.26. The third-order valence-electron chi connectivity index (χ3n) is 5.69. The van der Waals surface area contributed by atoms with Crippen molar-refractivity contribution >= 4 is 34.3 Å². The van der Waals surface area contributed by atoms with E-state index in [9.17, 15) is 22.8 Å². The van der Waals surface area contributed by atoms with Gasteiger partial charge in [-0.25, -0.2) is 18.2 Å². The van der Waals surface area contributed by atoms with Gasteiger partial charge in [0.05, 0.1) is 17.0 Å². The van der Waals surface area contributed by atoms with Gasteiger partial charge in [0, 0.05) is 11.8 Å². The van der Waals surface area contributed by atoms with Gasteiger partial charge in [0.1, 0.15) is 11.2 Å². The van der Waals surface area contributed by atoms with Crippen LogP contribution in [0.15, 0.2) is 64.5 Å². The molecule has 0 saturated carbocycles. The summed E-state index contributed by atoms with van der Waals surface area (Å²) in [6.45, 7) is 0. The molecule has 9 heteroatoms. The molecule has 172 valence electrons. The second-order valence-corrected chi connectivity index (χ2v) is 8.88. The third-order valence-corrected chi connectivity index (χ3v) is 6.63. The minimum absolute atomic E-state index is 0.0249. The van der Waals surface area contributed by atoms with E-state index in [1.54, 1.807) is 0 Å². The lowest BCUT2D eigenvalue weighted by Crippen LogP contribution is -2.24. The summed E-state index contributed by atoms with van der Waals surface area (Å²) in [5, 5.41) is 2.61. The van der Waals surface area contributed by atoms with Crippen molar-refractivity contribution in [2.75, 3.05) is 11.1 Å². The number of rotatable bonds is 5. The summed E-state index contributed by atoms with van der Waals surface area (Å²) in [6, 6.07) is 12.7. The fraction of sp³-hybridized carbons (Fsp3) is 0.160. The van der Waals surface area contributed by atoms with Crippen molar-refractivity contribution in [3.05, 3.63) is 93.5 Å². The predicted octanol–water partition coefficient (Wildman–Crippen LogP) is 5.02. The Morgan fingerprint density at radius 3 is 2.62 bits per heavy atom. The first-order valence-corrected chi connectivity index (χ1v) is 11.6. The Hall–Kier alpha value is -3.59. The lowest BCUT2D eigenvalue weighted by Gasteiger charge is -2.14. The quantitative estimate of drug-likeness (QED) is 0.321. The average molecular weight is 481 g/mol. The molecule has 1 aliphatic carbocycles. The molecule has 1 aromatic heterocycles. The molecule has 0 aliphatic heterocycles. The minimum Gasteiger partial charge on any atom is -0.325 e. The highest BCUT2D eigenvalue weighted by atomic mass is 32.2. The number of hydrogen-bond donors (Lipinski definition) is 1. The summed E-state index contributed by atoms with van der Waals surface area (Å²) in [6.07, 6.45) is 3.11. The highest BCUT2D eigenvalue weighted by Gasteiger charge is 2.19. The topological polar surface area (TPSA) is 64.0 Å². The molecule has 0 unspecified atom stereocenters. The van der Waals surface area contributed by atoms with E-state index in [0.29, 0.717) is 5.69 Å². The number of aromatic nitrogens is 2. The molecule has 0 radical (unpaired) electrons. The van der Waals surface area contributed by atoms with Gasteiger partial charge in [-0.3, -0.25) is 14.2 Å². The summed E-state index contributed by atoms with van der Waals surface area (Å²) in [5.41, 5.74) is 2.48. The normalized spacial score (nSPS) is 12.7. The number of fused-ring (bicyclic) bond motifs is 2. The number of benzene rings is 3. The van der Waals surface area contributed by atoms with E-state index in [1.165, 1.54) is 29.3 Å². The van der Waals surface area contributed by atoms with E-state index in [0.717, 1.165) is 53.8 Å². The Labute approximate surface area is 196 Å². The van der Waals surface area contributed by atoms with Crippen LogP contribution in [0.3, 0.4) is 0 Å². The maximum absolute atomic E-state index is 14.4. The summed E-state index contributed by atoms with van der Waals surface area (Å²) < 4.78 is 42.8. The van der Waals surface area contributed by atoms with Crippen LogP contribution in [0.5, 0.6) is 0 Å². The van der Waals surface area contributed by atoms with Crippen molar-refractivity contribution in [1.82, 2.24) is 9.55 Å². The number of hydrogen-bond acceptors (Lipinski definition) is 4. The first-order valence-electron chi connectivity index (χ1n) is 10.6. The van der Waals surface area contributed by atoms with Crippen LogP contribution in [0.25, 0.3) is 16.6 Å². The van der Waals surface area contributed by atoms with E-state index in [4.69, 9.17) is 0 Å². The van der Waals surface area contributed by atoms with Crippen molar-refractivity contribution in [1.29, 1.82) is 0 Å². The van der Waals surface area contributed by atoms with Crippen molar-refractivity contribution in [3.63, 3.8) is 0 Å². The molecule has 1 heterocycles. The smallest absolute Gasteiger partial charge is 0.269 e. The van der Waals surface area contributed by atoms with Gasteiger partial charge in [-0.15, -0.1) is 0 Å². The number of amides is 1. The zero-order valence-electron chi connectivity index (χ0n) is 17.8. The monoisotopic (exact) mass is 481 g/mol. The molecular formula is C25H18F3N3O2S. The Bertz CT molecular complexity index is 1500. The van der Waals surface area contributed by atoms with E-state index in [1.807, 2.05) is 18.2 Å². The highest BCUT2D eigenvalue weighted by molar-refractivity contribution is 7.99. The molecule has 5 nitrogen and oxygen atoms in total. The van der Waals surface area contributed by atoms with E-state index >= 15 is 0 Å². The van der Waals surface area contributed by atoms with Crippen LogP contribution in [-0.2, 0) is 17.6 Å². The van der Waals surface area contributed by atoms with E-state index < -0.39 is 23.0 Å². The van der Waals surface area contributed by atoms with Crippen LogP contribution in [0, 0.1) is 17.5 Å². The van der Waals surface area contributed by atoms with Gasteiger partial charge in [0.2, 0.25) is 5.91 Å². The second-order valence-electron chi connectivity index (χ2n) is 7.94. The molecule has 4 aromatic rings. The van der Waals surface area contributed by atoms with Gasteiger partial charge in [-0.2, -0.15) is 0 Å². The number of halogens is 3. The van der Waals surface area contributed by atoms with Gasteiger partial charge in [-0.05, 0) is 66.8 Å². The van der Waals surface area contributed by atoms with Gasteiger partial charge in [0.15, 0.2) is 16.8 Å². The molecule has 5 rings (SSSR count). The number of thioether (sulfide) groups is 1. The zero-order valence-corrected chi connectivity index (χ0v) is 18.6. The number of nitrogens with one attached hydrogen (secondary N) is 1. The molecular weight excluding hydrogens is 463 g/mol. The van der Waals surface area contributed by atoms with Gasteiger partial charge in [-0.1, -0.05) is 23.9 Å². The molecule has 0 spiro atoms. The predicted molar refractivity (Wildman–Crippen MR) is 125 cm³/mol. The number of nitrogens with zero attached hydrogens (tertiary/aromatic N) is 2. The SMILES string of the molecule is O=C(CSc1nc2cccc(F)c2c(=O)n1-c1ccc(F)c(F)c1)Nc1ccc2c(c1)CCC2. The lowest BCUT2D eigenvalue weighted by atomic mass is 10.1. The number of anilines is 1. The summed E-state index contributed by atoms with van der Waals surface area (Å²) >= 11 is 0.941. The van der Waals surface area contributed by atoms with E-state index in [-0.39, 0.29) is 33.4 Å². The van der Waals surface area contributed by atoms with Gasteiger partial charge in [0.25, 0.3) is 5.56 Å². The molecule has 0 fully saturated rings. The van der Waals surface area contributed by atoms with Crippen LogP contribution >= 0.6 is 11.8 Å². The molecule has 0 atom stereocenters. The van der Waals surface area contributed by atoms with Crippen LogP contribution < -0.4 is 10.9 Å². The van der Waals surface area contributed by atoms with E-state index in [2.05, 4.69) is 10.3 Å². The van der Waals surface area contributed by atoms with Crippen molar-refractivity contribution in [3.8, 4) is 5.69 Å². The van der Waals surface area contributed by atoms with Crippen molar-refractivity contribution < 1.29 is 18.0 Å². The number of carbonyl (C=O) groups excluding carboxylic acids is 1. The Morgan fingerprint density at radius 2 is 1.79 bits per heavy atom. The maximum atomic E-state index is 14.4. The van der Waals surface area contributed by atoms with Crippen molar-refractivity contribution in [2.45, 2.75) is 24.4 Å². The third kappa shape index (κ3) is 4.19. The second kappa shape index (κ2) is 8.98. The average Bonchev–Trinajstić information content (AvgIpc) is 3.27. The molecule has 1 amide bonds. The fourth-order valence-corrected chi connectivity index (χ4v) is 4.91. The maximum Gasteiger partial charge on any atom is 0.269 e. The number of aryl methyl sites for hydroxylation is 2. The first kappa shape index (κ1) is 22.2. The fourth-order valence-electron chi connectivity index (χ4n) is 4.09. The minimum atomic E-state index is -1.16. The van der Waals surface area contributed by atoms with Gasteiger partial charge < -0.3 is 5.32 Å². The molecule has 1 aliphatic rings. The standard InChI is InChI=1S/C25H18F3N3O2S/c26-18-10-9-17(12-20(18)28)31-24(33)23-19(27)5-2-6-21(23)30-25(31)34-13-22(32)29-16-8-7-14-3-1-4-15(14)11-16/h2,5-12H,1,3-4,13H2,(H,29,32). The largest absolute Gasteiger partial charge is 0.325 e. The Balaban J connectivity index is 1.47. The zero-order chi connectivity index (χ0) is 23.8. The molecule has 34 heavy (non-hydrogen) atoms. The van der Waals surface area contributed by atoms with Gasteiger partial charge >= 0.3 is 0 Å². The van der Waals surface area contributed by atoms with Crippen LogP contribution in [0.4, 0.5) is 18.9 Å². The molecule has 0 saturated heterocycles. The summed E-state index contributed by atoms with van der Waals surface area (Å²) in [5.74, 6) is -3.46. The summed E-state index contributed by atoms with van der Waals surface area (Å²) in [4.78, 5) is 30.1. The molecule has 3 aromatic carbocycles. The molecule has 1 N–H and O–H groups in total. The first-order chi connectivity index (χ1) is 16.4. The summed E-state index contributed by atoms with van der Waals surface area (Å²) in [7, 11) is 0. The molecule has 0 bridgehead atoms. The van der Waals surface area contributed by atoms with Crippen LogP contribution in [0.2, 0.25) is 0 Å².